The first-order valence-electron chi connectivity index (χ1n) is 7.23. The van der Waals surface area contributed by atoms with Gasteiger partial charge >= 0.3 is 5.97 Å². The van der Waals surface area contributed by atoms with Gasteiger partial charge in [0.05, 0.1) is 13.7 Å². The van der Waals surface area contributed by atoms with E-state index in [-0.39, 0.29) is 12.0 Å². The van der Waals surface area contributed by atoms with Crippen molar-refractivity contribution in [2.24, 2.45) is 5.92 Å². The number of esters is 1. The van der Waals surface area contributed by atoms with E-state index in [1.54, 1.807) is 0 Å². The summed E-state index contributed by atoms with van der Waals surface area (Å²) in [5, 5.41) is 4.00. The van der Waals surface area contributed by atoms with Gasteiger partial charge in [-0.25, -0.2) is 0 Å². The van der Waals surface area contributed by atoms with Crippen molar-refractivity contribution in [3.05, 3.63) is 11.7 Å². The first kappa shape index (κ1) is 15.0. The fourth-order valence-electron chi connectivity index (χ4n) is 2.55. The van der Waals surface area contributed by atoms with Crippen LogP contribution in [0.2, 0.25) is 0 Å². The molecular weight excluding hydrogens is 258 g/mol. The number of rotatable bonds is 5. The highest BCUT2D eigenvalue weighted by Gasteiger charge is 2.30. The van der Waals surface area contributed by atoms with Crippen LogP contribution in [0.1, 0.15) is 44.8 Å². The molecule has 6 nitrogen and oxygen atoms in total. The van der Waals surface area contributed by atoms with E-state index in [1.165, 1.54) is 7.11 Å². The summed E-state index contributed by atoms with van der Waals surface area (Å²) in [5.41, 5.74) is 0. The van der Waals surface area contributed by atoms with Gasteiger partial charge in [0.25, 0.3) is 0 Å². The minimum absolute atomic E-state index is 0.171. The number of piperidine rings is 1. The molecule has 0 spiro atoms. The third-order valence-electron chi connectivity index (χ3n) is 3.52. The normalized spacial score (nSPS) is 20.3. The molecule has 0 N–H and O–H groups in total. The predicted molar refractivity (Wildman–Crippen MR) is 72.9 cm³/mol. The van der Waals surface area contributed by atoms with Crippen molar-refractivity contribution in [3.63, 3.8) is 0 Å². The zero-order chi connectivity index (χ0) is 14.5. The van der Waals surface area contributed by atoms with E-state index in [4.69, 9.17) is 9.26 Å². The summed E-state index contributed by atoms with van der Waals surface area (Å²) in [6.07, 6.45) is 3.77. The summed E-state index contributed by atoms with van der Waals surface area (Å²) >= 11 is 0. The lowest BCUT2D eigenvalue weighted by Crippen LogP contribution is -2.44. The number of likely N-dealkylation sites (tertiary alicyclic amines) is 1. The number of hydrogen-bond acceptors (Lipinski definition) is 6. The van der Waals surface area contributed by atoms with Gasteiger partial charge in [-0.05, 0) is 25.3 Å². The summed E-state index contributed by atoms with van der Waals surface area (Å²) in [5.74, 6) is 1.63. The standard InChI is InChI=1S/C14H23N3O3/c1-10(2)8-13-15-12(16-20-13)9-17-7-5-4-6-11(17)14(18)19-3/h10-11H,4-9H2,1-3H3. The van der Waals surface area contributed by atoms with Crippen LogP contribution in [0.4, 0.5) is 0 Å². The van der Waals surface area contributed by atoms with Gasteiger partial charge in [-0.3, -0.25) is 9.69 Å². The highest BCUT2D eigenvalue weighted by Crippen LogP contribution is 2.20. The summed E-state index contributed by atoms with van der Waals surface area (Å²) in [4.78, 5) is 18.3. The number of nitrogens with zero attached hydrogens (tertiary/aromatic N) is 3. The molecule has 2 rings (SSSR count). The van der Waals surface area contributed by atoms with Gasteiger partial charge in [0, 0.05) is 6.42 Å². The van der Waals surface area contributed by atoms with Crippen LogP contribution in [-0.2, 0) is 22.5 Å². The molecule has 1 aliphatic rings. The Morgan fingerprint density at radius 1 is 1.50 bits per heavy atom. The summed E-state index contributed by atoms with van der Waals surface area (Å²) in [6, 6.07) is -0.180. The van der Waals surface area contributed by atoms with Crippen molar-refractivity contribution < 1.29 is 14.1 Å². The number of methoxy groups -OCH3 is 1. The molecule has 112 valence electrons. The number of aromatic nitrogens is 2. The second-order valence-electron chi connectivity index (χ2n) is 5.71. The first-order valence-corrected chi connectivity index (χ1v) is 7.23. The van der Waals surface area contributed by atoms with E-state index < -0.39 is 0 Å². The Balaban J connectivity index is 1.99. The number of hydrogen-bond donors (Lipinski definition) is 0. The van der Waals surface area contributed by atoms with E-state index in [2.05, 4.69) is 28.9 Å². The average Bonchev–Trinajstić information content (AvgIpc) is 2.85. The molecule has 0 bridgehead atoms. The van der Waals surface area contributed by atoms with Gasteiger partial charge in [-0.2, -0.15) is 4.98 Å². The molecule has 1 atom stereocenters. The summed E-state index contributed by atoms with van der Waals surface area (Å²) in [6.45, 7) is 5.64. The molecule has 1 aromatic heterocycles. The molecule has 1 aromatic rings. The molecule has 1 saturated heterocycles. The van der Waals surface area contributed by atoms with Crippen LogP contribution < -0.4 is 0 Å². The minimum Gasteiger partial charge on any atom is -0.468 e. The zero-order valence-corrected chi connectivity index (χ0v) is 12.5. The smallest absolute Gasteiger partial charge is 0.323 e. The van der Waals surface area contributed by atoms with Crippen molar-refractivity contribution >= 4 is 5.97 Å². The maximum Gasteiger partial charge on any atom is 0.323 e. The average molecular weight is 281 g/mol. The van der Waals surface area contributed by atoms with Gasteiger partial charge in [-0.15, -0.1) is 0 Å². The van der Waals surface area contributed by atoms with Crippen LogP contribution in [0.25, 0.3) is 0 Å². The lowest BCUT2D eigenvalue weighted by Gasteiger charge is -2.32. The highest BCUT2D eigenvalue weighted by molar-refractivity contribution is 5.75. The Labute approximate surface area is 119 Å². The molecule has 0 aromatic carbocycles. The quantitative estimate of drug-likeness (QED) is 0.767. The molecular formula is C14H23N3O3. The van der Waals surface area contributed by atoms with Crippen molar-refractivity contribution in [2.45, 2.75) is 52.1 Å². The van der Waals surface area contributed by atoms with E-state index >= 15 is 0 Å². The third-order valence-corrected chi connectivity index (χ3v) is 3.52. The maximum atomic E-state index is 11.8. The first-order chi connectivity index (χ1) is 9.60. The second-order valence-corrected chi connectivity index (χ2v) is 5.71. The number of ether oxygens (including phenoxy) is 1. The lowest BCUT2D eigenvalue weighted by molar-refractivity contribution is -0.148. The van der Waals surface area contributed by atoms with Crippen LogP contribution >= 0.6 is 0 Å². The third kappa shape index (κ3) is 3.79. The predicted octanol–water partition coefficient (Wildman–Crippen LogP) is 1.80. The summed E-state index contributed by atoms with van der Waals surface area (Å²) in [7, 11) is 1.43. The number of carbonyl (C=O) groups is 1. The van der Waals surface area contributed by atoms with Crippen molar-refractivity contribution in [1.82, 2.24) is 15.0 Å². The molecule has 0 saturated carbocycles. The zero-order valence-electron chi connectivity index (χ0n) is 12.5. The molecule has 1 unspecified atom stereocenters. The molecule has 6 heteroatoms. The van der Waals surface area contributed by atoms with Crippen molar-refractivity contribution in [2.75, 3.05) is 13.7 Å². The molecule has 0 aliphatic carbocycles. The fourth-order valence-corrected chi connectivity index (χ4v) is 2.55. The molecule has 1 fully saturated rings. The molecule has 20 heavy (non-hydrogen) atoms. The topological polar surface area (TPSA) is 68.5 Å². The van der Waals surface area contributed by atoms with Gasteiger partial charge in [0.15, 0.2) is 5.82 Å². The van der Waals surface area contributed by atoms with Crippen LogP contribution in [-0.4, -0.2) is 40.7 Å². The maximum absolute atomic E-state index is 11.8. The van der Waals surface area contributed by atoms with E-state index in [1.807, 2.05) is 0 Å². The SMILES string of the molecule is COC(=O)C1CCCCN1Cc1noc(CC(C)C)n1. The van der Waals surface area contributed by atoms with Crippen LogP contribution in [0, 0.1) is 5.92 Å². The van der Waals surface area contributed by atoms with Crippen LogP contribution in [0.5, 0.6) is 0 Å². The summed E-state index contributed by atoms with van der Waals surface area (Å²) < 4.78 is 10.1. The van der Waals surface area contributed by atoms with Crippen LogP contribution in [0.3, 0.4) is 0 Å². The largest absolute Gasteiger partial charge is 0.468 e. The Bertz CT molecular complexity index is 445. The van der Waals surface area contributed by atoms with Gasteiger partial charge in [0.1, 0.15) is 6.04 Å². The minimum atomic E-state index is -0.180. The Morgan fingerprint density at radius 3 is 3.00 bits per heavy atom. The molecule has 0 radical (unpaired) electrons. The molecule has 0 amide bonds. The fraction of sp³-hybridized carbons (Fsp3) is 0.786. The number of carbonyl (C=O) groups excluding carboxylic acids is 1. The van der Waals surface area contributed by atoms with Crippen molar-refractivity contribution in [1.29, 1.82) is 0 Å². The van der Waals surface area contributed by atoms with Crippen LogP contribution in [0.15, 0.2) is 4.52 Å². The van der Waals surface area contributed by atoms with E-state index in [9.17, 15) is 4.79 Å². The lowest BCUT2D eigenvalue weighted by atomic mass is 10.0. The van der Waals surface area contributed by atoms with Gasteiger partial charge in [0.2, 0.25) is 5.89 Å². The molecule has 2 heterocycles. The van der Waals surface area contributed by atoms with Crippen molar-refractivity contribution in [3.8, 4) is 0 Å². The highest BCUT2D eigenvalue weighted by atomic mass is 16.5. The Morgan fingerprint density at radius 2 is 2.30 bits per heavy atom. The van der Waals surface area contributed by atoms with E-state index in [0.29, 0.717) is 24.2 Å². The van der Waals surface area contributed by atoms with E-state index in [0.717, 1.165) is 32.2 Å². The second kappa shape index (κ2) is 6.83. The monoisotopic (exact) mass is 281 g/mol. The Hall–Kier alpha value is -1.43. The Kier molecular flexibility index (Phi) is 5.11. The van der Waals surface area contributed by atoms with Gasteiger partial charge < -0.3 is 9.26 Å². The van der Waals surface area contributed by atoms with Gasteiger partial charge in [-0.1, -0.05) is 25.4 Å². The molecule has 1 aliphatic heterocycles.